The predicted molar refractivity (Wildman–Crippen MR) is 83.9 cm³/mol. The van der Waals surface area contributed by atoms with E-state index in [4.69, 9.17) is 9.29 Å². The molecule has 6 nitrogen and oxygen atoms in total. The van der Waals surface area contributed by atoms with Gasteiger partial charge >= 0.3 is 6.09 Å². The molecule has 1 aliphatic heterocycles. The van der Waals surface area contributed by atoms with Gasteiger partial charge < -0.3 is 4.74 Å². The van der Waals surface area contributed by atoms with Crippen LogP contribution in [0.4, 0.5) is 10.5 Å². The Kier molecular flexibility index (Phi) is 4.06. The third-order valence-electron chi connectivity index (χ3n) is 3.68. The molecule has 0 spiro atoms. The number of hydrogen-bond acceptors (Lipinski definition) is 4. The second-order valence-corrected chi connectivity index (χ2v) is 6.63. The number of anilines is 1. The molecule has 7 heteroatoms. The van der Waals surface area contributed by atoms with Gasteiger partial charge in [0.2, 0.25) is 0 Å². The molecule has 0 fully saturated rings. The van der Waals surface area contributed by atoms with Crippen LogP contribution in [0.2, 0.25) is 0 Å². The minimum absolute atomic E-state index is 0.142. The molecule has 120 valence electrons. The minimum atomic E-state index is -4.31. The van der Waals surface area contributed by atoms with E-state index in [9.17, 15) is 13.2 Å². The second-order valence-electron chi connectivity index (χ2n) is 5.21. The second kappa shape index (κ2) is 6.02. The molecular formula is C16H15NO5S. The van der Waals surface area contributed by atoms with Crippen molar-refractivity contribution in [3.8, 4) is 0 Å². The van der Waals surface area contributed by atoms with Crippen LogP contribution >= 0.6 is 0 Å². The summed E-state index contributed by atoms with van der Waals surface area (Å²) >= 11 is 0. The highest BCUT2D eigenvalue weighted by Gasteiger charge is 2.27. The molecule has 1 amide bonds. The zero-order valence-corrected chi connectivity index (χ0v) is 13.0. The molecule has 0 radical (unpaired) electrons. The highest BCUT2D eigenvalue weighted by atomic mass is 32.2. The molecule has 0 saturated heterocycles. The quantitative estimate of drug-likeness (QED) is 0.873. The van der Waals surface area contributed by atoms with Gasteiger partial charge in [0.15, 0.2) is 0 Å². The van der Waals surface area contributed by atoms with Gasteiger partial charge in [-0.15, -0.1) is 0 Å². The third kappa shape index (κ3) is 3.35. The molecular weight excluding hydrogens is 318 g/mol. The highest BCUT2D eigenvalue weighted by Crippen LogP contribution is 2.31. The number of carbonyl (C=O) groups is 1. The van der Waals surface area contributed by atoms with E-state index in [1.54, 1.807) is 6.07 Å². The number of carbonyl (C=O) groups excluding carboxylic acids is 1. The summed E-state index contributed by atoms with van der Waals surface area (Å²) in [6.45, 7) is 0.557. The first kappa shape index (κ1) is 15.5. The summed E-state index contributed by atoms with van der Waals surface area (Å²) in [6.07, 6.45) is 0.0710. The van der Waals surface area contributed by atoms with E-state index >= 15 is 0 Å². The Balaban J connectivity index is 1.77. The van der Waals surface area contributed by atoms with Crippen molar-refractivity contribution in [3.63, 3.8) is 0 Å². The number of benzene rings is 2. The van der Waals surface area contributed by atoms with E-state index in [-0.39, 0.29) is 11.5 Å². The number of rotatable bonds is 3. The topological polar surface area (TPSA) is 83.9 Å². The van der Waals surface area contributed by atoms with Crippen molar-refractivity contribution in [2.24, 2.45) is 0 Å². The molecule has 1 N–H and O–H groups in total. The summed E-state index contributed by atoms with van der Waals surface area (Å²) in [5, 5.41) is 0. The zero-order valence-electron chi connectivity index (χ0n) is 12.2. The molecule has 3 rings (SSSR count). The molecule has 0 saturated carbocycles. The normalized spacial score (nSPS) is 13.7. The van der Waals surface area contributed by atoms with Crippen LogP contribution in [-0.2, 0) is 27.9 Å². The lowest BCUT2D eigenvalue weighted by atomic mass is 10.2. The lowest BCUT2D eigenvalue weighted by Crippen LogP contribution is -2.29. The van der Waals surface area contributed by atoms with E-state index in [1.165, 1.54) is 17.0 Å². The highest BCUT2D eigenvalue weighted by molar-refractivity contribution is 7.85. The van der Waals surface area contributed by atoms with Crippen LogP contribution in [0.3, 0.4) is 0 Å². The summed E-state index contributed by atoms with van der Waals surface area (Å²) in [6, 6.07) is 13.5. The Bertz CT molecular complexity index is 833. The van der Waals surface area contributed by atoms with Crippen LogP contribution < -0.4 is 4.90 Å². The van der Waals surface area contributed by atoms with E-state index < -0.39 is 16.2 Å². The number of hydrogen-bond donors (Lipinski definition) is 1. The first-order valence-corrected chi connectivity index (χ1v) is 8.48. The summed E-state index contributed by atoms with van der Waals surface area (Å²) in [7, 11) is -4.31. The lowest BCUT2D eigenvalue weighted by Gasteiger charge is -2.17. The first-order valence-electron chi connectivity index (χ1n) is 7.04. The van der Waals surface area contributed by atoms with Crippen molar-refractivity contribution < 1.29 is 22.5 Å². The standard InChI is InChI=1S/C16H15NO5S/c18-16(22-11-12-4-2-1-3-5-12)17-9-8-13-6-7-14(10-15(13)17)23(19,20)21/h1-7,10H,8-9,11H2,(H,19,20,21). The maximum atomic E-state index is 12.2. The Morgan fingerprint density at radius 3 is 2.61 bits per heavy atom. The monoisotopic (exact) mass is 333 g/mol. The van der Waals surface area contributed by atoms with Crippen molar-refractivity contribution >= 4 is 21.9 Å². The van der Waals surface area contributed by atoms with Gasteiger partial charge in [-0.3, -0.25) is 9.45 Å². The summed E-state index contributed by atoms with van der Waals surface area (Å²) in [5.41, 5.74) is 2.17. The van der Waals surface area contributed by atoms with Gasteiger partial charge in [0.05, 0.1) is 10.6 Å². The van der Waals surface area contributed by atoms with E-state index in [1.807, 2.05) is 30.3 Å². The number of fused-ring (bicyclic) bond motifs is 1. The summed E-state index contributed by atoms with van der Waals surface area (Å²) in [4.78, 5) is 13.4. The van der Waals surface area contributed by atoms with Crippen molar-refractivity contribution in [2.45, 2.75) is 17.9 Å². The van der Waals surface area contributed by atoms with Crippen molar-refractivity contribution in [2.75, 3.05) is 11.4 Å². The minimum Gasteiger partial charge on any atom is -0.444 e. The largest absolute Gasteiger partial charge is 0.444 e. The third-order valence-corrected chi connectivity index (χ3v) is 4.53. The average molecular weight is 333 g/mol. The van der Waals surface area contributed by atoms with Crippen LogP contribution in [0.5, 0.6) is 0 Å². The van der Waals surface area contributed by atoms with Gasteiger partial charge in [0, 0.05) is 6.54 Å². The van der Waals surface area contributed by atoms with Crippen molar-refractivity contribution in [1.29, 1.82) is 0 Å². The molecule has 0 aromatic heterocycles. The number of amides is 1. The predicted octanol–water partition coefficient (Wildman–Crippen LogP) is 2.63. The smallest absolute Gasteiger partial charge is 0.414 e. The van der Waals surface area contributed by atoms with E-state index in [2.05, 4.69) is 0 Å². The zero-order chi connectivity index (χ0) is 16.4. The molecule has 2 aromatic rings. The maximum absolute atomic E-state index is 12.2. The van der Waals surface area contributed by atoms with Gasteiger partial charge in [-0.05, 0) is 29.7 Å². The average Bonchev–Trinajstić information content (AvgIpc) is 2.96. The molecule has 1 aliphatic rings. The molecule has 0 aliphatic carbocycles. The Hall–Kier alpha value is -2.38. The van der Waals surface area contributed by atoms with Crippen molar-refractivity contribution in [1.82, 2.24) is 0 Å². The fraction of sp³-hybridized carbons (Fsp3) is 0.188. The molecule has 0 bridgehead atoms. The molecule has 1 heterocycles. The summed E-state index contributed by atoms with van der Waals surface area (Å²) in [5.74, 6) is 0. The van der Waals surface area contributed by atoms with Crippen LogP contribution in [0.15, 0.2) is 53.4 Å². The summed E-state index contributed by atoms with van der Waals surface area (Å²) < 4.78 is 36.9. The van der Waals surface area contributed by atoms with Crippen LogP contribution in [-0.4, -0.2) is 25.6 Å². The van der Waals surface area contributed by atoms with Gasteiger partial charge in [-0.1, -0.05) is 36.4 Å². The Labute approximate surface area is 134 Å². The first-order chi connectivity index (χ1) is 10.9. The fourth-order valence-electron chi connectivity index (χ4n) is 2.51. The number of ether oxygens (including phenoxy) is 1. The maximum Gasteiger partial charge on any atom is 0.414 e. The molecule has 2 aromatic carbocycles. The Morgan fingerprint density at radius 2 is 1.91 bits per heavy atom. The van der Waals surface area contributed by atoms with Crippen LogP contribution in [0.25, 0.3) is 0 Å². The van der Waals surface area contributed by atoms with E-state index in [0.29, 0.717) is 18.7 Å². The van der Waals surface area contributed by atoms with Gasteiger partial charge in [0.25, 0.3) is 10.1 Å². The fourth-order valence-corrected chi connectivity index (χ4v) is 3.01. The molecule has 0 unspecified atom stereocenters. The van der Waals surface area contributed by atoms with Gasteiger partial charge in [0.1, 0.15) is 6.61 Å². The molecule has 23 heavy (non-hydrogen) atoms. The van der Waals surface area contributed by atoms with Crippen LogP contribution in [0, 0.1) is 0 Å². The molecule has 0 atom stereocenters. The van der Waals surface area contributed by atoms with E-state index in [0.717, 1.165) is 11.1 Å². The van der Waals surface area contributed by atoms with Gasteiger partial charge in [-0.2, -0.15) is 8.42 Å². The van der Waals surface area contributed by atoms with Crippen LogP contribution in [0.1, 0.15) is 11.1 Å². The Morgan fingerprint density at radius 1 is 1.17 bits per heavy atom. The van der Waals surface area contributed by atoms with Crippen molar-refractivity contribution in [3.05, 3.63) is 59.7 Å². The SMILES string of the molecule is O=C(OCc1ccccc1)N1CCc2ccc(S(=O)(=O)O)cc21. The lowest BCUT2D eigenvalue weighted by molar-refractivity contribution is 0.147. The number of nitrogens with zero attached hydrogens (tertiary/aromatic N) is 1. The van der Waals surface area contributed by atoms with Gasteiger partial charge in [-0.25, -0.2) is 4.79 Å².